The van der Waals surface area contributed by atoms with E-state index in [0.29, 0.717) is 5.15 Å². The van der Waals surface area contributed by atoms with Crippen molar-refractivity contribution >= 4 is 11.6 Å². The van der Waals surface area contributed by atoms with Crippen LogP contribution in [-0.2, 0) is 19.5 Å². The average Bonchev–Trinajstić information content (AvgIpc) is 1.77. The molecular weight excluding hydrogens is 194 g/mol. The van der Waals surface area contributed by atoms with E-state index in [0.717, 1.165) is 6.20 Å². The monoisotopic (exact) mass is 195 g/mol. The maximum Gasteiger partial charge on any atom is 0.141 e. The van der Waals surface area contributed by atoms with Gasteiger partial charge in [0.25, 0.3) is 0 Å². The number of aromatic nitrogens is 1. The third-order valence-electron chi connectivity index (χ3n) is 0.691. The molecule has 1 rings (SSSR count). The van der Waals surface area contributed by atoms with E-state index in [-0.39, 0.29) is 25.3 Å². The van der Waals surface area contributed by atoms with E-state index in [4.69, 9.17) is 11.6 Å². The molecule has 1 nitrogen and oxygen atoms in total. The summed E-state index contributed by atoms with van der Waals surface area (Å²) in [5, 5.41) is 0.311. The summed E-state index contributed by atoms with van der Waals surface area (Å²) in [6.07, 6.45) is 1.07. The second-order valence-corrected chi connectivity index (χ2v) is 1.69. The second-order valence-electron chi connectivity index (χ2n) is 1.30. The molecule has 0 radical (unpaired) electrons. The molecule has 4 heteroatoms. The Morgan fingerprint density at radius 2 is 2.11 bits per heavy atom. The summed E-state index contributed by atoms with van der Waals surface area (Å²) in [4.78, 5) is 3.47. The Labute approximate surface area is 70.0 Å². The summed E-state index contributed by atoms with van der Waals surface area (Å²) in [6, 6.07) is 2.66. The molecule has 0 unspecified atom stereocenters. The molecule has 0 aliphatic rings. The number of hydrogen-bond acceptors (Lipinski definition) is 1. The van der Waals surface area contributed by atoms with Gasteiger partial charge in [-0.25, -0.2) is 9.37 Å². The van der Waals surface area contributed by atoms with Crippen molar-refractivity contribution in [2.24, 2.45) is 0 Å². The van der Waals surface area contributed by atoms with E-state index in [1.54, 1.807) is 0 Å². The molecule has 0 aliphatic heterocycles. The van der Waals surface area contributed by atoms with Crippen molar-refractivity contribution in [3.05, 3.63) is 29.3 Å². The van der Waals surface area contributed by atoms with Crippen LogP contribution in [0.5, 0.6) is 0 Å². The summed E-state index contributed by atoms with van der Waals surface area (Å²) in [7, 11) is 0. The molecular formula is C5H3ClFNZn. The van der Waals surface area contributed by atoms with Crippen molar-refractivity contribution in [2.75, 3.05) is 0 Å². The first-order chi connectivity index (χ1) is 3.79. The van der Waals surface area contributed by atoms with Crippen LogP contribution < -0.4 is 0 Å². The number of hydrogen-bond donors (Lipinski definition) is 0. The second kappa shape index (κ2) is 3.91. The van der Waals surface area contributed by atoms with Gasteiger partial charge in [0, 0.05) is 19.5 Å². The summed E-state index contributed by atoms with van der Waals surface area (Å²) < 4.78 is 12.0. The van der Waals surface area contributed by atoms with Gasteiger partial charge >= 0.3 is 0 Å². The van der Waals surface area contributed by atoms with Gasteiger partial charge in [-0.05, 0) is 12.1 Å². The largest absolute Gasteiger partial charge is 0.242 e. The third-order valence-corrected chi connectivity index (χ3v) is 0.915. The Kier molecular flexibility index (Phi) is 3.91. The molecule has 1 aromatic heterocycles. The number of nitrogens with zero attached hydrogens (tertiary/aromatic N) is 1. The molecule has 0 spiro atoms. The van der Waals surface area contributed by atoms with Crippen LogP contribution in [0.1, 0.15) is 0 Å². The van der Waals surface area contributed by atoms with Crippen LogP contribution >= 0.6 is 11.6 Å². The van der Waals surface area contributed by atoms with Gasteiger partial charge in [-0.1, -0.05) is 11.6 Å². The number of pyridine rings is 1. The van der Waals surface area contributed by atoms with Gasteiger partial charge in [-0.2, -0.15) is 0 Å². The molecule has 44 valence electrons. The molecule has 0 atom stereocenters. The zero-order valence-electron chi connectivity index (χ0n) is 4.64. The van der Waals surface area contributed by atoms with Gasteiger partial charge in [0.2, 0.25) is 0 Å². The van der Waals surface area contributed by atoms with Crippen LogP contribution in [0.25, 0.3) is 0 Å². The van der Waals surface area contributed by atoms with Gasteiger partial charge in [0.1, 0.15) is 11.0 Å². The zero-order chi connectivity index (χ0) is 5.98. The van der Waals surface area contributed by atoms with Crippen molar-refractivity contribution in [2.45, 2.75) is 0 Å². The minimum Gasteiger partial charge on any atom is -0.242 e. The molecule has 0 bridgehead atoms. The fraction of sp³-hybridized carbons (Fsp3) is 0. The topological polar surface area (TPSA) is 12.9 Å². The predicted molar refractivity (Wildman–Crippen MR) is 29.2 cm³/mol. The summed E-state index contributed by atoms with van der Waals surface area (Å²) in [6.45, 7) is 0. The first-order valence-corrected chi connectivity index (χ1v) is 2.44. The van der Waals surface area contributed by atoms with Crippen molar-refractivity contribution < 1.29 is 23.9 Å². The van der Waals surface area contributed by atoms with Crippen LogP contribution in [0.3, 0.4) is 0 Å². The zero-order valence-corrected chi connectivity index (χ0v) is 8.37. The maximum atomic E-state index is 12.0. The minimum absolute atomic E-state index is 0. The minimum atomic E-state index is -0.366. The average molecular weight is 197 g/mol. The number of rotatable bonds is 0. The molecule has 0 amide bonds. The van der Waals surface area contributed by atoms with Crippen molar-refractivity contribution in [3.8, 4) is 0 Å². The summed E-state index contributed by atoms with van der Waals surface area (Å²) >= 11 is 5.33. The Hall–Kier alpha value is -0.00662. The smallest absolute Gasteiger partial charge is 0.141 e. The Morgan fingerprint density at radius 3 is 2.44 bits per heavy atom. The number of halogens is 2. The van der Waals surface area contributed by atoms with E-state index < -0.39 is 0 Å². The summed E-state index contributed by atoms with van der Waals surface area (Å²) in [5.41, 5.74) is 0. The van der Waals surface area contributed by atoms with Crippen LogP contribution in [0, 0.1) is 5.82 Å². The fourth-order valence-corrected chi connectivity index (χ4v) is 0.470. The van der Waals surface area contributed by atoms with Gasteiger partial charge in [-0.3, -0.25) is 0 Å². The van der Waals surface area contributed by atoms with E-state index in [9.17, 15) is 4.39 Å². The van der Waals surface area contributed by atoms with Crippen LogP contribution in [0.15, 0.2) is 18.3 Å². The van der Waals surface area contributed by atoms with Gasteiger partial charge in [0.05, 0.1) is 6.20 Å². The predicted octanol–water partition coefficient (Wildman–Crippen LogP) is 1.87. The van der Waals surface area contributed by atoms with Gasteiger partial charge < -0.3 is 0 Å². The van der Waals surface area contributed by atoms with Crippen LogP contribution in [0.4, 0.5) is 4.39 Å². The Balaban J connectivity index is 0.000000640. The molecule has 1 aromatic rings. The molecule has 0 saturated heterocycles. The first kappa shape index (κ1) is 8.99. The van der Waals surface area contributed by atoms with Gasteiger partial charge in [-0.15, -0.1) is 0 Å². The maximum absolute atomic E-state index is 12.0. The molecule has 1 heterocycles. The van der Waals surface area contributed by atoms with E-state index >= 15 is 0 Å². The van der Waals surface area contributed by atoms with Crippen LogP contribution in [-0.4, -0.2) is 4.98 Å². The molecule has 0 aliphatic carbocycles. The molecule has 0 N–H and O–H groups in total. The molecule has 0 saturated carbocycles. The molecule has 9 heavy (non-hydrogen) atoms. The Bertz CT molecular complexity index is 156. The van der Waals surface area contributed by atoms with Crippen LogP contribution in [0.2, 0.25) is 5.15 Å². The van der Waals surface area contributed by atoms with E-state index in [2.05, 4.69) is 4.98 Å². The van der Waals surface area contributed by atoms with Crippen molar-refractivity contribution in [1.82, 2.24) is 4.98 Å². The standard InChI is InChI=1S/C5H3ClFN.Zn/c6-5-2-1-4(7)3-8-5;/h1-3H;. The summed E-state index contributed by atoms with van der Waals surface area (Å²) in [5.74, 6) is -0.366. The third kappa shape index (κ3) is 2.88. The normalized spacial score (nSPS) is 8.22. The first-order valence-electron chi connectivity index (χ1n) is 2.06. The van der Waals surface area contributed by atoms with E-state index in [1.807, 2.05) is 0 Å². The van der Waals surface area contributed by atoms with Crippen molar-refractivity contribution in [1.29, 1.82) is 0 Å². The van der Waals surface area contributed by atoms with Gasteiger partial charge in [0.15, 0.2) is 0 Å². The molecule has 0 aromatic carbocycles. The SMILES string of the molecule is Fc1ccc(Cl)nc1.[Zn]. The van der Waals surface area contributed by atoms with E-state index in [1.165, 1.54) is 12.1 Å². The fourth-order valence-electron chi connectivity index (χ4n) is 0.358. The quantitative estimate of drug-likeness (QED) is 0.456. The Morgan fingerprint density at radius 1 is 1.44 bits per heavy atom. The van der Waals surface area contributed by atoms with Crippen molar-refractivity contribution in [3.63, 3.8) is 0 Å². The molecule has 0 fully saturated rings.